The first-order chi connectivity index (χ1) is 6.94. The summed E-state index contributed by atoms with van der Waals surface area (Å²) in [5, 5.41) is 13.8. The van der Waals surface area contributed by atoms with Crippen molar-refractivity contribution in [1.82, 2.24) is 14.7 Å². The third-order valence-corrected chi connectivity index (χ3v) is 2.54. The van der Waals surface area contributed by atoms with Crippen LogP contribution in [0.3, 0.4) is 0 Å². The molecule has 84 valence electrons. The van der Waals surface area contributed by atoms with Crippen molar-refractivity contribution >= 4 is 5.69 Å². The maximum Gasteiger partial charge on any atom is 0.0773 e. The Hall–Kier alpha value is -1.07. The molecular formula is C10H18N4O. The monoisotopic (exact) mass is 210 g/mol. The van der Waals surface area contributed by atoms with Crippen LogP contribution >= 0.6 is 0 Å². The predicted molar refractivity (Wildman–Crippen MR) is 58.4 cm³/mol. The Kier molecular flexibility index (Phi) is 2.44. The largest absolute Gasteiger partial charge is 0.396 e. The highest BCUT2D eigenvalue weighted by molar-refractivity contribution is 5.30. The van der Waals surface area contributed by atoms with Crippen molar-refractivity contribution in [3.05, 3.63) is 12.4 Å². The van der Waals surface area contributed by atoms with Gasteiger partial charge in [0.25, 0.3) is 0 Å². The van der Waals surface area contributed by atoms with Gasteiger partial charge in [-0.2, -0.15) is 5.10 Å². The average Bonchev–Trinajstić information content (AvgIpc) is 2.41. The number of rotatable bonds is 3. The third kappa shape index (κ3) is 2.49. The van der Waals surface area contributed by atoms with E-state index in [0.29, 0.717) is 18.3 Å². The summed E-state index contributed by atoms with van der Waals surface area (Å²) in [5.41, 5.74) is 5.68. The smallest absolute Gasteiger partial charge is 0.0773 e. The molecule has 3 N–H and O–H groups in total. The van der Waals surface area contributed by atoms with Crippen LogP contribution in [-0.2, 0) is 0 Å². The number of anilines is 1. The fourth-order valence-corrected chi connectivity index (χ4v) is 1.94. The van der Waals surface area contributed by atoms with E-state index in [0.717, 1.165) is 13.1 Å². The zero-order chi connectivity index (χ0) is 11.1. The molecular weight excluding hydrogens is 192 g/mol. The molecule has 2 rings (SSSR count). The molecule has 0 aliphatic carbocycles. The highest BCUT2D eigenvalue weighted by atomic mass is 16.3. The standard InChI is InChI=1S/C10H18N4O/c1-10(2,15)7-13-5-9(6-13)14-4-8(11)3-12-14/h3-4,9,15H,5-7,11H2,1-2H3. The lowest BCUT2D eigenvalue weighted by molar-refractivity contribution is -0.00658. The van der Waals surface area contributed by atoms with Gasteiger partial charge in [-0.1, -0.05) is 0 Å². The molecule has 1 aromatic rings. The van der Waals surface area contributed by atoms with Crippen LogP contribution in [0.4, 0.5) is 5.69 Å². The van der Waals surface area contributed by atoms with Crippen LogP contribution in [-0.4, -0.2) is 45.0 Å². The number of hydrogen-bond donors (Lipinski definition) is 2. The van der Waals surface area contributed by atoms with Gasteiger partial charge < -0.3 is 10.8 Å². The Morgan fingerprint density at radius 1 is 1.60 bits per heavy atom. The molecule has 5 nitrogen and oxygen atoms in total. The fraction of sp³-hybridized carbons (Fsp3) is 0.700. The Labute approximate surface area is 89.5 Å². The van der Waals surface area contributed by atoms with Crippen molar-refractivity contribution in [1.29, 1.82) is 0 Å². The summed E-state index contributed by atoms with van der Waals surface area (Å²) in [7, 11) is 0. The van der Waals surface area contributed by atoms with E-state index in [1.807, 2.05) is 24.7 Å². The Balaban J connectivity index is 1.84. The first-order valence-electron chi connectivity index (χ1n) is 5.18. The number of β-amino-alcohol motifs (C(OH)–C–C–N with tert-alkyl or cyclic N) is 1. The molecule has 0 amide bonds. The van der Waals surface area contributed by atoms with Crippen molar-refractivity contribution in [2.24, 2.45) is 0 Å². The first kappa shape index (κ1) is 10.4. The summed E-state index contributed by atoms with van der Waals surface area (Å²) >= 11 is 0. The van der Waals surface area contributed by atoms with Gasteiger partial charge in [0, 0.05) is 25.8 Å². The van der Waals surface area contributed by atoms with Crippen molar-refractivity contribution in [3.63, 3.8) is 0 Å². The second-order valence-electron chi connectivity index (χ2n) is 4.91. The second kappa shape index (κ2) is 3.50. The van der Waals surface area contributed by atoms with Gasteiger partial charge in [0.1, 0.15) is 0 Å². The summed E-state index contributed by atoms with van der Waals surface area (Å²) in [6.07, 6.45) is 3.52. The van der Waals surface area contributed by atoms with E-state index in [2.05, 4.69) is 10.00 Å². The minimum absolute atomic E-state index is 0.407. The second-order valence-corrected chi connectivity index (χ2v) is 4.91. The zero-order valence-electron chi connectivity index (χ0n) is 9.22. The third-order valence-electron chi connectivity index (χ3n) is 2.54. The molecule has 0 spiro atoms. The minimum Gasteiger partial charge on any atom is -0.396 e. The van der Waals surface area contributed by atoms with Gasteiger partial charge in [-0.05, 0) is 13.8 Å². The molecule has 0 bridgehead atoms. The summed E-state index contributed by atoms with van der Waals surface area (Å²) in [4.78, 5) is 2.21. The summed E-state index contributed by atoms with van der Waals surface area (Å²) in [6, 6.07) is 0.407. The number of likely N-dealkylation sites (tertiary alicyclic amines) is 1. The van der Waals surface area contributed by atoms with Crippen LogP contribution in [0.5, 0.6) is 0 Å². The predicted octanol–water partition coefficient (Wildman–Crippen LogP) is 0.0929. The lowest BCUT2D eigenvalue weighted by Crippen LogP contribution is -2.52. The van der Waals surface area contributed by atoms with Crippen LogP contribution in [0.15, 0.2) is 12.4 Å². The number of nitrogens with zero attached hydrogens (tertiary/aromatic N) is 3. The summed E-state index contributed by atoms with van der Waals surface area (Å²) in [6.45, 7) is 6.23. The molecule has 1 fully saturated rings. The van der Waals surface area contributed by atoms with E-state index in [1.165, 1.54) is 0 Å². The number of aromatic nitrogens is 2. The quantitative estimate of drug-likeness (QED) is 0.742. The molecule has 1 aliphatic rings. The van der Waals surface area contributed by atoms with Gasteiger partial charge in [-0.3, -0.25) is 9.58 Å². The van der Waals surface area contributed by atoms with Crippen molar-refractivity contribution in [2.45, 2.75) is 25.5 Å². The Morgan fingerprint density at radius 3 is 2.73 bits per heavy atom. The van der Waals surface area contributed by atoms with Crippen LogP contribution < -0.4 is 5.73 Å². The molecule has 1 saturated heterocycles. The average molecular weight is 210 g/mol. The van der Waals surface area contributed by atoms with Crippen LogP contribution in [0, 0.1) is 0 Å². The first-order valence-corrected chi connectivity index (χ1v) is 5.18. The van der Waals surface area contributed by atoms with E-state index in [-0.39, 0.29) is 0 Å². The highest BCUT2D eigenvalue weighted by Crippen LogP contribution is 2.22. The van der Waals surface area contributed by atoms with Gasteiger partial charge in [0.15, 0.2) is 0 Å². The lowest BCUT2D eigenvalue weighted by atomic mass is 10.0. The molecule has 0 saturated carbocycles. The lowest BCUT2D eigenvalue weighted by Gasteiger charge is -2.41. The van der Waals surface area contributed by atoms with Crippen LogP contribution in [0.2, 0.25) is 0 Å². The van der Waals surface area contributed by atoms with Gasteiger partial charge in [-0.25, -0.2) is 0 Å². The van der Waals surface area contributed by atoms with Gasteiger partial charge >= 0.3 is 0 Å². The maximum atomic E-state index is 9.63. The molecule has 15 heavy (non-hydrogen) atoms. The SMILES string of the molecule is CC(C)(O)CN1CC(n2cc(N)cn2)C1. The Bertz CT molecular complexity index is 335. The van der Waals surface area contributed by atoms with E-state index < -0.39 is 5.60 Å². The maximum absolute atomic E-state index is 9.63. The van der Waals surface area contributed by atoms with Gasteiger partial charge in [0.2, 0.25) is 0 Å². The van der Waals surface area contributed by atoms with Gasteiger partial charge in [0.05, 0.1) is 23.5 Å². The van der Waals surface area contributed by atoms with E-state index in [9.17, 15) is 5.11 Å². The topological polar surface area (TPSA) is 67.3 Å². The van der Waals surface area contributed by atoms with Crippen molar-refractivity contribution < 1.29 is 5.11 Å². The van der Waals surface area contributed by atoms with Gasteiger partial charge in [-0.15, -0.1) is 0 Å². The molecule has 1 aromatic heterocycles. The molecule has 2 heterocycles. The zero-order valence-corrected chi connectivity index (χ0v) is 9.22. The van der Waals surface area contributed by atoms with Crippen molar-refractivity contribution in [3.8, 4) is 0 Å². The van der Waals surface area contributed by atoms with Crippen LogP contribution in [0.25, 0.3) is 0 Å². The number of nitrogens with two attached hydrogens (primary N) is 1. The normalized spacial score (nSPS) is 19.1. The fourth-order valence-electron chi connectivity index (χ4n) is 1.94. The van der Waals surface area contributed by atoms with Crippen molar-refractivity contribution in [2.75, 3.05) is 25.4 Å². The molecule has 5 heteroatoms. The molecule has 0 aromatic carbocycles. The molecule has 0 atom stereocenters. The number of aliphatic hydroxyl groups is 1. The molecule has 1 aliphatic heterocycles. The van der Waals surface area contributed by atoms with E-state index >= 15 is 0 Å². The van der Waals surface area contributed by atoms with Crippen LogP contribution in [0.1, 0.15) is 19.9 Å². The molecule has 0 unspecified atom stereocenters. The molecule has 0 radical (unpaired) electrons. The summed E-state index contributed by atoms with van der Waals surface area (Å²) in [5.74, 6) is 0. The van der Waals surface area contributed by atoms with E-state index in [1.54, 1.807) is 6.20 Å². The van der Waals surface area contributed by atoms with E-state index in [4.69, 9.17) is 5.73 Å². The highest BCUT2D eigenvalue weighted by Gasteiger charge is 2.31. The number of nitrogen functional groups attached to an aromatic ring is 1. The minimum atomic E-state index is -0.617. The Morgan fingerprint density at radius 2 is 2.27 bits per heavy atom. The summed E-state index contributed by atoms with van der Waals surface area (Å²) < 4.78 is 1.90. The number of hydrogen-bond acceptors (Lipinski definition) is 4.